The lowest BCUT2D eigenvalue weighted by Crippen LogP contribution is -2.35. The zero-order valence-corrected chi connectivity index (χ0v) is 11.8. The summed E-state index contributed by atoms with van der Waals surface area (Å²) in [6.07, 6.45) is 3.54. The van der Waals surface area contributed by atoms with Crippen LogP contribution in [-0.2, 0) is 0 Å². The Morgan fingerprint density at radius 3 is 2.55 bits per heavy atom. The van der Waals surface area contributed by atoms with Crippen molar-refractivity contribution in [3.8, 4) is 0 Å². The van der Waals surface area contributed by atoms with Gasteiger partial charge in [-0.2, -0.15) is 0 Å². The summed E-state index contributed by atoms with van der Waals surface area (Å²) >= 11 is 0. The maximum Gasteiger partial charge on any atom is 0.337 e. The third-order valence-corrected chi connectivity index (χ3v) is 3.72. The van der Waals surface area contributed by atoms with Crippen molar-refractivity contribution in [2.24, 2.45) is 5.92 Å². The van der Waals surface area contributed by atoms with Gasteiger partial charge in [-0.3, -0.25) is 0 Å². The number of carboxylic acid groups (broad SMARTS) is 1. The summed E-state index contributed by atoms with van der Waals surface area (Å²) in [5.41, 5.74) is 2.11. The maximum atomic E-state index is 11.9. The number of carbonyl (C=O) groups excluding carboxylic acids is 1. The third kappa shape index (κ3) is 3.29. The monoisotopic (exact) mass is 276 g/mol. The molecule has 1 aliphatic carbocycles. The SMILES string of the molecule is Cc1cc(C)c(NC(=O)NCC2CCC2)c(C(=O)O)c1. The number of urea groups is 1. The van der Waals surface area contributed by atoms with Gasteiger partial charge in [0.25, 0.3) is 0 Å². The van der Waals surface area contributed by atoms with Crippen molar-refractivity contribution < 1.29 is 14.7 Å². The largest absolute Gasteiger partial charge is 0.478 e. The van der Waals surface area contributed by atoms with Gasteiger partial charge in [-0.1, -0.05) is 12.5 Å². The molecule has 0 atom stereocenters. The van der Waals surface area contributed by atoms with Gasteiger partial charge in [-0.05, 0) is 49.8 Å². The van der Waals surface area contributed by atoms with Crippen molar-refractivity contribution in [3.05, 3.63) is 28.8 Å². The number of rotatable bonds is 4. The van der Waals surface area contributed by atoms with Crippen molar-refractivity contribution in [2.75, 3.05) is 11.9 Å². The molecule has 0 heterocycles. The first-order valence-corrected chi connectivity index (χ1v) is 6.86. The van der Waals surface area contributed by atoms with Crippen molar-refractivity contribution in [3.63, 3.8) is 0 Å². The van der Waals surface area contributed by atoms with Crippen molar-refractivity contribution in [2.45, 2.75) is 33.1 Å². The highest BCUT2D eigenvalue weighted by molar-refractivity contribution is 6.01. The normalized spacial score (nSPS) is 14.5. The van der Waals surface area contributed by atoms with Gasteiger partial charge >= 0.3 is 12.0 Å². The summed E-state index contributed by atoms with van der Waals surface area (Å²) in [5, 5.41) is 14.7. The lowest BCUT2D eigenvalue weighted by atomic mass is 9.85. The Morgan fingerprint density at radius 2 is 2.00 bits per heavy atom. The molecule has 0 radical (unpaired) electrons. The highest BCUT2D eigenvalue weighted by Gasteiger charge is 2.19. The molecule has 0 aromatic heterocycles. The molecule has 0 saturated heterocycles. The van der Waals surface area contributed by atoms with Crippen LogP contribution in [0.25, 0.3) is 0 Å². The number of nitrogens with one attached hydrogen (secondary N) is 2. The molecule has 1 aromatic carbocycles. The summed E-state index contributed by atoms with van der Waals surface area (Å²) in [7, 11) is 0. The van der Waals surface area contributed by atoms with Gasteiger partial charge in [-0.15, -0.1) is 0 Å². The molecule has 0 spiro atoms. The number of anilines is 1. The Morgan fingerprint density at radius 1 is 1.30 bits per heavy atom. The molecule has 1 fully saturated rings. The van der Waals surface area contributed by atoms with E-state index in [1.54, 1.807) is 13.0 Å². The Kier molecular flexibility index (Phi) is 4.27. The van der Waals surface area contributed by atoms with Gasteiger partial charge in [0.05, 0.1) is 11.3 Å². The van der Waals surface area contributed by atoms with Gasteiger partial charge in [0.1, 0.15) is 0 Å². The minimum Gasteiger partial charge on any atom is -0.478 e. The zero-order chi connectivity index (χ0) is 14.7. The Hall–Kier alpha value is -2.04. The van der Waals surface area contributed by atoms with E-state index in [-0.39, 0.29) is 11.6 Å². The number of benzene rings is 1. The molecule has 1 aromatic rings. The molecule has 1 saturated carbocycles. The highest BCUT2D eigenvalue weighted by Crippen LogP contribution is 2.25. The van der Waals surface area contributed by atoms with Crippen LogP contribution in [0.5, 0.6) is 0 Å². The summed E-state index contributed by atoms with van der Waals surface area (Å²) in [5.74, 6) is -0.468. The molecule has 5 nitrogen and oxygen atoms in total. The first kappa shape index (κ1) is 14.4. The molecule has 0 aliphatic heterocycles. The number of aromatic carboxylic acids is 1. The standard InChI is InChI=1S/C15H20N2O3/c1-9-6-10(2)13(12(7-9)14(18)19)17-15(20)16-8-11-4-3-5-11/h6-7,11H,3-5,8H2,1-2H3,(H,18,19)(H2,16,17,20). The molecule has 0 bridgehead atoms. The van der Waals surface area contributed by atoms with E-state index in [1.807, 2.05) is 13.0 Å². The minimum atomic E-state index is -1.04. The van der Waals surface area contributed by atoms with Gasteiger partial charge in [0, 0.05) is 6.54 Å². The molecular weight excluding hydrogens is 256 g/mol. The van der Waals surface area contributed by atoms with Crippen molar-refractivity contribution in [1.82, 2.24) is 5.32 Å². The van der Waals surface area contributed by atoms with Gasteiger partial charge in [0.15, 0.2) is 0 Å². The number of amides is 2. The van der Waals surface area contributed by atoms with E-state index in [1.165, 1.54) is 6.42 Å². The first-order valence-electron chi connectivity index (χ1n) is 6.86. The number of hydrogen-bond acceptors (Lipinski definition) is 2. The predicted octanol–water partition coefficient (Wildman–Crippen LogP) is 2.92. The van der Waals surface area contributed by atoms with E-state index in [0.717, 1.165) is 24.0 Å². The quantitative estimate of drug-likeness (QED) is 0.791. The first-order chi connectivity index (χ1) is 9.47. The number of hydrogen-bond donors (Lipinski definition) is 3. The zero-order valence-electron chi connectivity index (χ0n) is 11.8. The molecule has 5 heteroatoms. The highest BCUT2D eigenvalue weighted by atomic mass is 16.4. The maximum absolute atomic E-state index is 11.9. The second kappa shape index (κ2) is 5.94. The van der Waals surface area contributed by atoms with Crippen molar-refractivity contribution in [1.29, 1.82) is 0 Å². The van der Waals surface area contributed by atoms with Gasteiger partial charge in [0.2, 0.25) is 0 Å². The average Bonchev–Trinajstić information content (AvgIpc) is 2.30. The number of carbonyl (C=O) groups is 2. The van der Waals surface area contributed by atoms with Crippen molar-refractivity contribution >= 4 is 17.7 Å². The average molecular weight is 276 g/mol. The van der Waals surface area contributed by atoms with Crippen LogP contribution < -0.4 is 10.6 Å². The van der Waals surface area contributed by atoms with Gasteiger partial charge in [-0.25, -0.2) is 9.59 Å². The summed E-state index contributed by atoms with van der Waals surface area (Å²) in [6, 6.07) is 3.08. The molecular formula is C15H20N2O3. The van der Waals surface area contributed by atoms with E-state index < -0.39 is 5.97 Å². The van der Waals surface area contributed by atoms with Crippen LogP contribution in [0.3, 0.4) is 0 Å². The second-order valence-corrected chi connectivity index (χ2v) is 5.44. The van der Waals surface area contributed by atoms with Crippen LogP contribution in [0.4, 0.5) is 10.5 Å². The molecule has 1 aliphatic rings. The van der Waals surface area contributed by atoms with Crippen LogP contribution in [0.15, 0.2) is 12.1 Å². The lowest BCUT2D eigenvalue weighted by Gasteiger charge is -2.25. The third-order valence-electron chi connectivity index (χ3n) is 3.72. The fourth-order valence-electron chi connectivity index (χ4n) is 2.39. The predicted molar refractivity (Wildman–Crippen MR) is 77.2 cm³/mol. The van der Waals surface area contributed by atoms with E-state index in [0.29, 0.717) is 18.2 Å². The summed E-state index contributed by atoms with van der Waals surface area (Å²) in [4.78, 5) is 23.1. The molecule has 108 valence electrons. The smallest absolute Gasteiger partial charge is 0.337 e. The molecule has 2 rings (SSSR count). The van der Waals surface area contributed by atoms with Crippen LogP contribution in [0, 0.1) is 19.8 Å². The topological polar surface area (TPSA) is 78.4 Å². The van der Waals surface area contributed by atoms with Crippen LogP contribution >= 0.6 is 0 Å². The fraction of sp³-hybridized carbons (Fsp3) is 0.467. The van der Waals surface area contributed by atoms with Gasteiger partial charge < -0.3 is 15.7 Å². The second-order valence-electron chi connectivity index (χ2n) is 5.44. The molecule has 20 heavy (non-hydrogen) atoms. The number of carboxylic acids is 1. The Labute approximate surface area is 118 Å². The molecule has 2 amide bonds. The van der Waals surface area contributed by atoms with E-state index in [4.69, 9.17) is 0 Å². The van der Waals surface area contributed by atoms with Crippen LogP contribution in [0.1, 0.15) is 40.7 Å². The minimum absolute atomic E-state index is 0.126. The number of aryl methyl sites for hydroxylation is 2. The van der Waals surface area contributed by atoms with E-state index in [9.17, 15) is 14.7 Å². The molecule has 3 N–H and O–H groups in total. The Bertz CT molecular complexity index is 536. The van der Waals surface area contributed by atoms with E-state index in [2.05, 4.69) is 10.6 Å². The van der Waals surface area contributed by atoms with Crippen LogP contribution in [0.2, 0.25) is 0 Å². The lowest BCUT2D eigenvalue weighted by molar-refractivity contribution is 0.0698. The molecule has 0 unspecified atom stereocenters. The summed E-state index contributed by atoms with van der Waals surface area (Å²) < 4.78 is 0. The van der Waals surface area contributed by atoms with Crippen LogP contribution in [-0.4, -0.2) is 23.7 Å². The summed E-state index contributed by atoms with van der Waals surface area (Å²) in [6.45, 7) is 4.28. The van der Waals surface area contributed by atoms with E-state index >= 15 is 0 Å². The fourth-order valence-corrected chi connectivity index (χ4v) is 2.39. The Balaban J connectivity index is 2.07.